The van der Waals surface area contributed by atoms with Gasteiger partial charge in [0.05, 0.1) is 11.1 Å². The van der Waals surface area contributed by atoms with E-state index in [1.165, 1.54) is 6.20 Å². The number of ketones is 1. The smallest absolute Gasteiger partial charge is 0.244 e. The van der Waals surface area contributed by atoms with Crippen molar-refractivity contribution in [2.24, 2.45) is 0 Å². The lowest BCUT2D eigenvalue weighted by molar-refractivity contribution is -0.116. The number of aromatic nitrogens is 1. The van der Waals surface area contributed by atoms with Gasteiger partial charge in [-0.15, -0.1) is 0 Å². The molecular formula is C29H26N2O5. The molecule has 0 aliphatic carbocycles. The topological polar surface area (TPSA) is 86.6 Å². The maximum absolute atomic E-state index is 13.4. The largest absolute Gasteiger partial charge is 0.454 e. The van der Waals surface area contributed by atoms with E-state index in [2.05, 4.69) is 5.32 Å². The van der Waals surface area contributed by atoms with Gasteiger partial charge in [0.25, 0.3) is 0 Å². The van der Waals surface area contributed by atoms with E-state index >= 15 is 0 Å². The van der Waals surface area contributed by atoms with E-state index in [4.69, 9.17) is 9.47 Å². The summed E-state index contributed by atoms with van der Waals surface area (Å²) in [6, 6.07) is 18.0. The fourth-order valence-corrected chi connectivity index (χ4v) is 4.33. The second kappa shape index (κ2) is 9.70. The Kier molecular flexibility index (Phi) is 6.29. The first-order chi connectivity index (χ1) is 17.5. The van der Waals surface area contributed by atoms with E-state index in [-0.39, 0.29) is 36.0 Å². The maximum Gasteiger partial charge on any atom is 0.244 e. The third-order valence-electron chi connectivity index (χ3n) is 6.39. The number of fused-ring (bicyclic) bond motifs is 2. The van der Waals surface area contributed by atoms with Crippen LogP contribution in [0.1, 0.15) is 40.9 Å². The first-order valence-electron chi connectivity index (χ1n) is 12.0. The normalized spacial score (nSPS) is 12.1. The van der Waals surface area contributed by atoms with Gasteiger partial charge in [-0.2, -0.15) is 0 Å². The predicted octanol–water partition coefficient (Wildman–Crippen LogP) is 4.72. The minimum atomic E-state index is -0.364. The van der Waals surface area contributed by atoms with Gasteiger partial charge in [-0.1, -0.05) is 44.2 Å². The van der Waals surface area contributed by atoms with Crippen molar-refractivity contribution in [3.8, 4) is 11.5 Å². The van der Waals surface area contributed by atoms with Crippen LogP contribution in [0.3, 0.4) is 0 Å². The Bertz CT molecular complexity index is 1540. The van der Waals surface area contributed by atoms with Gasteiger partial charge in [-0.3, -0.25) is 14.4 Å². The molecular weight excluding hydrogens is 456 g/mol. The van der Waals surface area contributed by atoms with Gasteiger partial charge in [0.15, 0.2) is 17.3 Å². The summed E-state index contributed by atoms with van der Waals surface area (Å²) >= 11 is 0. The lowest BCUT2D eigenvalue weighted by atomic mass is 9.99. The molecule has 1 N–H and O–H groups in total. The Hall–Kier alpha value is -4.39. The number of ether oxygens (including phenoxy) is 2. The van der Waals surface area contributed by atoms with E-state index in [1.807, 2.05) is 38.1 Å². The second-order valence-corrected chi connectivity index (χ2v) is 8.70. The van der Waals surface area contributed by atoms with Gasteiger partial charge in [0, 0.05) is 28.9 Å². The lowest BCUT2D eigenvalue weighted by Crippen LogP contribution is -2.24. The SMILES string of the molecule is CCc1ccc(C(=O)c2cn(CC(=O)Nc3ccc4c(c3)OCO4)c3ccc(CC)cc3c2=O)cc1. The van der Waals surface area contributed by atoms with Crippen molar-refractivity contribution < 1.29 is 19.1 Å². The number of nitrogens with zero attached hydrogens (tertiary/aromatic N) is 1. The molecule has 0 saturated heterocycles. The van der Waals surface area contributed by atoms with Crippen LogP contribution in [0.15, 0.2) is 71.7 Å². The Morgan fingerprint density at radius 1 is 0.889 bits per heavy atom. The molecule has 1 aliphatic rings. The number of rotatable bonds is 7. The average molecular weight is 483 g/mol. The van der Waals surface area contributed by atoms with Crippen molar-refractivity contribution in [2.45, 2.75) is 33.2 Å². The summed E-state index contributed by atoms with van der Waals surface area (Å²) < 4.78 is 12.4. The van der Waals surface area contributed by atoms with Crippen molar-refractivity contribution in [3.63, 3.8) is 0 Å². The molecule has 4 aromatic rings. The number of pyridine rings is 1. The summed E-state index contributed by atoms with van der Waals surface area (Å²) in [6.07, 6.45) is 3.09. The van der Waals surface area contributed by atoms with Crippen LogP contribution in [0, 0.1) is 0 Å². The Balaban J connectivity index is 1.51. The maximum atomic E-state index is 13.4. The van der Waals surface area contributed by atoms with Gasteiger partial charge < -0.3 is 19.4 Å². The van der Waals surface area contributed by atoms with Crippen LogP contribution in [0.4, 0.5) is 5.69 Å². The predicted molar refractivity (Wildman–Crippen MR) is 138 cm³/mol. The van der Waals surface area contributed by atoms with Crippen LogP contribution in [0.2, 0.25) is 0 Å². The van der Waals surface area contributed by atoms with E-state index in [0.717, 1.165) is 24.0 Å². The van der Waals surface area contributed by atoms with E-state index in [0.29, 0.717) is 33.7 Å². The van der Waals surface area contributed by atoms with E-state index in [1.54, 1.807) is 41.0 Å². The summed E-state index contributed by atoms with van der Waals surface area (Å²) in [5, 5.41) is 3.27. The van der Waals surface area contributed by atoms with Crippen LogP contribution >= 0.6 is 0 Å². The second-order valence-electron chi connectivity index (χ2n) is 8.70. The molecule has 0 saturated carbocycles. The molecule has 0 bridgehead atoms. The number of aryl methyl sites for hydroxylation is 2. The molecule has 0 atom stereocenters. The zero-order valence-corrected chi connectivity index (χ0v) is 20.2. The summed E-state index contributed by atoms with van der Waals surface area (Å²) in [5.74, 6) is 0.525. The average Bonchev–Trinajstić information content (AvgIpc) is 3.37. The number of amides is 1. The molecule has 0 spiro atoms. The molecule has 0 unspecified atom stereocenters. The first-order valence-corrected chi connectivity index (χ1v) is 12.0. The minimum absolute atomic E-state index is 0.0379. The van der Waals surface area contributed by atoms with Crippen LogP contribution in [-0.4, -0.2) is 23.1 Å². The highest BCUT2D eigenvalue weighted by molar-refractivity contribution is 6.10. The van der Waals surface area contributed by atoms with Crippen molar-refractivity contribution in [2.75, 3.05) is 12.1 Å². The zero-order chi connectivity index (χ0) is 25.2. The number of carbonyl (C=O) groups excluding carboxylic acids is 2. The molecule has 7 heteroatoms. The lowest BCUT2D eigenvalue weighted by Gasteiger charge is -2.14. The third-order valence-corrected chi connectivity index (χ3v) is 6.39. The molecule has 1 amide bonds. The van der Waals surface area contributed by atoms with Crippen molar-refractivity contribution >= 4 is 28.3 Å². The standard InChI is InChI=1S/C29H26N2O5/c1-3-18-5-8-20(9-6-18)28(33)23-15-31(24-11-7-19(4-2)13-22(24)29(23)34)16-27(32)30-21-10-12-25-26(14-21)36-17-35-25/h5-15H,3-4,16-17H2,1-2H3,(H,30,32). The van der Waals surface area contributed by atoms with Crippen molar-refractivity contribution in [1.82, 2.24) is 4.57 Å². The third kappa shape index (κ3) is 4.47. The number of hydrogen-bond donors (Lipinski definition) is 1. The highest BCUT2D eigenvalue weighted by atomic mass is 16.7. The van der Waals surface area contributed by atoms with E-state index < -0.39 is 0 Å². The van der Waals surface area contributed by atoms with Gasteiger partial charge in [-0.25, -0.2) is 0 Å². The molecule has 182 valence electrons. The van der Waals surface area contributed by atoms with Crippen LogP contribution < -0.4 is 20.2 Å². The highest BCUT2D eigenvalue weighted by Crippen LogP contribution is 2.34. The highest BCUT2D eigenvalue weighted by Gasteiger charge is 2.19. The zero-order valence-electron chi connectivity index (χ0n) is 20.2. The minimum Gasteiger partial charge on any atom is -0.454 e. The molecule has 2 heterocycles. The molecule has 1 aromatic heterocycles. The van der Waals surface area contributed by atoms with Crippen LogP contribution in [0.5, 0.6) is 11.5 Å². The Morgan fingerprint density at radius 3 is 2.36 bits per heavy atom. The number of carbonyl (C=O) groups is 2. The van der Waals surface area contributed by atoms with Crippen LogP contribution in [-0.2, 0) is 24.2 Å². The quantitative estimate of drug-likeness (QED) is 0.385. The van der Waals surface area contributed by atoms with E-state index in [9.17, 15) is 14.4 Å². The number of benzene rings is 3. The van der Waals surface area contributed by atoms with Crippen molar-refractivity contribution in [3.05, 3.63) is 99.3 Å². The summed E-state index contributed by atoms with van der Waals surface area (Å²) in [7, 11) is 0. The molecule has 0 radical (unpaired) electrons. The summed E-state index contributed by atoms with van der Waals surface area (Å²) in [5.41, 5.74) is 3.38. The van der Waals surface area contributed by atoms with Gasteiger partial charge in [-0.05, 0) is 48.2 Å². The molecule has 7 nitrogen and oxygen atoms in total. The van der Waals surface area contributed by atoms with Gasteiger partial charge >= 0.3 is 0 Å². The monoisotopic (exact) mass is 482 g/mol. The Morgan fingerprint density at radius 2 is 1.61 bits per heavy atom. The molecule has 36 heavy (non-hydrogen) atoms. The Labute approximate surface area is 208 Å². The van der Waals surface area contributed by atoms with Gasteiger partial charge in [0.1, 0.15) is 6.54 Å². The summed E-state index contributed by atoms with van der Waals surface area (Å²) in [6.45, 7) is 4.11. The first kappa shape index (κ1) is 23.4. The van der Waals surface area contributed by atoms with Gasteiger partial charge in [0.2, 0.25) is 18.1 Å². The molecule has 5 rings (SSSR count). The fourth-order valence-electron chi connectivity index (χ4n) is 4.33. The number of anilines is 1. The van der Waals surface area contributed by atoms with Crippen molar-refractivity contribution in [1.29, 1.82) is 0 Å². The van der Waals surface area contributed by atoms with Crippen LogP contribution in [0.25, 0.3) is 10.9 Å². The fraction of sp³-hybridized carbons (Fsp3) is 0.207. The molecule has 0 fully saturated rings. The number of nitrogens with one attached hydrogen (secondary N) is 1. The molecule has 1 aliphatic heterocycles. The molecule has 3 aromatic carbocycles. The summed E-state index contributed by atoms with van der Waals surface area (Å²) in [4.78, 5) is 39.8. The number of hydrogen-bond acceptors (Lipinski definition) is 5.